The summed E-state index contributed by atoms with van der Waals surface area (Å²) in [7, 11) is 0. The Morgan fingerprint density at radius 3 is 2.67 bits per heavy atom. The second-order valence-electron chi connectivity index (χ2n) is 4.64. The zero-order valence-corrected chi connectivity index (χ0v) is 9.24. The van der Waals surface area contributed by atoms with Gasteiger partial charge in [-0.1, -0.05) is 6.08 Å². The Labute approximate surface area is 91.5 Å². The number of rotatable bonds is 7. The van der Waals surface area contributed by atoms with E-state index in [1.54, 1.807) is 6.08 Å². The van der Waals surface area contributed by atoms with Gasteiger partial charge in [0.15, 0.2) is 0 Å². The van der Waals surface area contributed by atoms with Gasteiger partial charge in [0.1, 0.15) is 0 Å². The first kappa shape index (κ1) is 10.7. The fraction of sp³-hybridized carbons (Fsp3) is 0.750. The summed E-state index contributed by atoms with van der Waals surface area (Å²) in [6, 6.07) is 0.559. The first-order chi connectivity index (χ1) is 7.31. The van der Waals surface area contributed by atoms with Crippen LogP contribution in [-0.4, -0.2) is 36.5 Å². The maximum Gasteiger partial charge on any atom is 0.236 e. The molecule has 0 saturated heterocycles. The predicted octanol–water partition coefficient (Wildman–Crippen LogP) is 1.16. The minimum absolute atomic E-state index is 0.270. The van der Waals surface area contributed by atoms with Gasteiger partial charge in [0.25, 0.3) is 0 Å². The molecule has 0 aromatic rings. The molecular formula is C12H20N2O. The Morgan fingerprint density at radius 1 is 1.40 bits per heavy atom. The van der Waals surface area contributed by atoms with Crippen LogP contribution in [0, 0.1) is 5.92 Å². The highest BCUT2D eigenvalue weighted by atomic mass is 16.2. The van der Waals surface area contributed by atoms with E-state index in [0.717, 1.165) is 12.5 Å². The molecule has 15 heavy (non-hydrogen) atoms. The molecule has 2 aliphatic carbocycles. The third-order valence-corrected chi connectivity index (χ3v) is 3.02. The molecule has 0 radical (unpaired) electrons. The Morgan fingerprint density at radius 2 is 2.13 bits per heavy atom. The molecule has 3 nitrogen and oxygen atoms in total. The molecule has 0 spiro atoms. The van der Waals surface area contributed by atoms with Crippen molar-refractivity contribution in [2.75, 3.05) is 19.6 Å². The lowest BCUT2D eigenvalue weighted by Crippen LogP contribution is -2.40. The molecule has 2 rings (SSSR count). The van der Waals surface area contributed by atoms with Crippen molar-refractivity contribution in [3.05, 3.63) is 12.7 Å². The van der Waals surface area contributed by atoms with E-state index in [-0.39, 0.29) is 5.91 Å². The van der Waals surface area contributed by atoms with Crippen LogP contribution in [0.1, 0.15) is 25.7 Å². The fourth-order valence-electron chi connectivity index (χ4n) is 1.80. The van der Waals surface area contributed by atoms with E-state index in [2.05, 4.69) is 16.8 Å². The Bertz CT molecular complexity index is 244. The van der Waals surface area contributed by atoms with Gasteiger partial charge in [-0.25, -0.2) is 0 Å². The summed E-state index contributed by atoms with van der Waals surface area (Å²) in [5.74, 6) is 1.07. The number of hydrogen-bond acceptors (Lipinski definition) is 2. The second-order valence-corrected chi connectivity index (χ2v) is 4.64. The van der Waals surface area contributed by atoms with Crippen molar-refractivity contribution < 1.29 is 4.79 Å². The topological polar surface area (TPSA) is 32.3 Å². The van der Waals surface area contributed by atoms with E-state index in [0.29, 0.717) is 19.1 Å². The number of hydrogen-bond donors (Lipinski definition) is 1. The van der Waals surface area contributed by atoms with Crippen molar-refractivity contribution in [1.29, 1.82) is 0 Å². The van der Waals surface area contributed by atoms with Gasteiger partial charge in [0, 0.05) is 19.1 Å². The molecule has 0 aliphatic heterocycles. The van der Waals surface area contributed by atoms with E-state index < -0.39 is 0 Å². The monoisotopic (exact) mass is 208 g/mol. The van der Waals surface area contributed by atoms with Gasteiger partial charge in [-0.3, -0.25) is 4.79 Å². The average Bonchev–Trinajstić information content (AvgIpc) is 3.06. The highest BCUT2D eigenvalue weighted by Crippen LogP contribution is 2.34. The van der Waals surface area contributed by atoms with Crippen LogP contribution < -0.4 is 5.32 Å². The number of carbonyl (C=O) groups is 1. The zero-order valence-electron chi connectivity index (χ0n) is 9.24. The van der Waals surface area contributed by atoms with Gasteiger partial charge in [0.2, 0.25) is 5.91 Å². The smallest absolute Gasteiger partial charge is 0.236 e. The number of carbonyl (C=O) groups excluding carboxylic acids is 1. The Balaban J connectivity index is 1.74. The molecule has 2 saturated carbocycles. The molecule has 0 bridgehead atoms. The van der Waals surface area contributed by atoms with Crippen LogP contribution in [0.3, 0.4) is 0 Å². The lowest BCUT2D eigenvalue weighted by molar-refractivity contribution is -0.131. The van der Waals surface area contributed by atoms with Crippen LogP contribution in [0.15, 0.2) is 12.7 Å². The molecule has 1 N–H and O–H groups in total. The summed E-state index contributed by atoms with van der Waals surface area (Å²) < 4.78 is 0. The molecule has 1 amide bonds. The minimum atomic E-state index is 0.270. The van der Waals surface area contributed by atoms with Gasteiger partial charge in [0.05, 0.1) is 6.54 Å². The number of amides is 1. The third-order valence-electron chi connectivity index (χ3n) is 3.02. The summed E-state index contributed by atoms with van der Waals surface area (Å²) in [4.78, 5) is 14.0. The maximum absolute atomic E-state index is 11.9. The van der Waals surface area contributed by atoms with E-state index in [4.69, 9.17) is 0 Å². The largest absolute Gasteiger partial charge is 0.338 e. The minimum Gasteiger partial charge on any atom is -0.338 e. The van der Waals surface area contributed by atoms with Crippen LogP contribution in [-0.2, 0) is 4.79 Å². The van der Waals surface area contributed by atoms with Crippen LogP contribution in [0.4, 0.5) is 0 Å². The quantitative estimate of drug-likeness (QED) is 0.503. The van der Waals surface area contributed by atoms with Crippen LogP contribution >= 0.6 is 0 Å². The zero-order chi connectivity index (χ0) is 10.7. The second kappa shape index (κ2) is 4.79. The Kier molecular flexibility index (Phi) is 3.41. The van der Waals surface area contributed by atoms with Gasteiger partial charge in [-0.05, 0) is 31.6 Å². The van der Waals surface area contributed by atoms with Crippen molar-refractivity contribution in [3.63, 3.8) is 0 Å². The molecule has 2 fully saturated rings. The molecule has 0 aromatic heterocycles. The maximum atomic E-state index is 11.9. The van der Waals surface area contributed by atoms with Crippen molar-refractivity contribution in [2.24, 2.45) is 5.92 Å². The van der Waals surface area contributed by atoms with Crippen molar-refractivity contribution in [2.45, 2.75) is 31.7 Å². The summed E-state index contributed by atoms with van der Waals surface area (Å²) in [5, 5.41) is 3.08. The van der Waals surface area contributed by atoms with E-state index in [9.17, 15) is 4.79 Å². The van der Waals surface area contributed by atoms with Gasteiger partial charge in [-0.2, -0.15) is 0 Å². The third kappa shape index (κ3) is 3.34. The first-order valence-electron chi connectivity index (χ1n) is 5.92. The summed E-state index contributed by atoms with van der Waals surface area (Å²) in [5.41, 5.74) is 0. The van der Waals surface area contributed by atoms with Gasteiger partial charge < -0.3 is 10.2 Å². The molecule has 3 heteroatoms. The molecule has 0 aromatic carbocycles. The normalized spacial score (nSPS) is 20.0. The first-order valence-corrected chi connectivity index (χ1v) is 5.92. The molecular weight excluding hydrogens is 188 g/mol. The molecule has 84 valence electrons. The lowest BCUT2D eigenvalue weighted by Gasteiger charge is -2.22. The fourth-order valence-corrected chi connectivity index (χ4v) is 1.80. The highest BCUT2D eigenvalue weighted by molar-refractivity contribution is 5.79. The Hall–Kier alpha value is -0.830. The molecule has 2 aliphatic rings. The van der Waals surface area contributed by atoms with Crippen LogP contribution in [0.25, 0.3) is 0 Å². The lowest BCUT2D eigenvalue weighted by atomic mass is 10.3. The molecule has 0 unspecified atom stereocenters. The van der Waals surface area contributed by atoms with Crippen molar-refractivity contribution in [3.8, 4) is 0 Å². The van der Waals surface area contributed by atoms with E-state index in [1.165, 1.54) is 25.7 Å². The standard InChI is InChI=1S/C12H20N2O/c1-2-7-13-8-12(15)14(11-5-6-11)9-10-3-4-10/h2,10-11,13H,1,3-9H2. The molecule has 0 heterocycles. The SMILES string of the molecule is C=CCNCC(=O)N(CC1CC1)C1CC1. The van der Waals surface area contributed by atoms with Gasteiger partial charge in [-0.15, -0.1) is 6.58 Å². The number of nitrogens with one attached hydrogen (secondary N) is 1. The predicted molar refractivity (Wildman–Crippen MR) is 60.5 cm³/mol. The van der Waals surface area contributed by atoms with Gasteiger partial charge >= 0.3 is 0 Å². The molecule has 0 atom stereocenters. The summed E-state index contributed by atoms with van der Waals surface area (Å²) >= 11 is 0. The highest BCUT2D eigenvalue weighted by Gasteiger charge is 2.35. The van der Waals surface area contributed by atoms with Crippen molar-refractivity contribution in [1.82, 2.24) is 10.2 Å². The van der Waals surface area contributed by atoms with Crippen LogP contribution in [0.2, 0.25) is 0 Å². The average molecular weight is 208 g/mol. The number of nitrogens with zero attached hydrogens (tertiary/aromatic N) is 1. The summed E-state index contributed by atoms with van der Waals surface area (Å²) in [6.45, 7) is 5.80. The van der Waals surface area contributed by atoms with E-state index in [1.807, 2.05) is 0 Å². The van der Waals surface area contributed by atoms with Crippen LogP contribution in [0.5, 0.6) is 0 Å². The van der Waals surface area contributed by atoms with E-state index >= 15 is 0 Å². The summed E-state index contributed by atoms with van der Waals surface area (Å²) in [6.07, 6.45) is 6.84. The van der Waals surface area contributed by atoms with Crippen molar-refractivity contribution >= 4 is 5.91 Å².